The van der Waals surface area contributed by atoms with Crippen LogP contribution < -0.4 is 5.32 Å². The van der Waals surface area contributed by atoms with E-state index in [0.717, 1.165) is 9.35 Å². The summed E-state index contributed by atoms with van der Waals surface area (Å²) in [6, 6.07) is 2.38. The fourth-order valence-corrected chi connectivity index (χ4v) is 2.29. The summed E-state index contributed by atoms with van der Waals surface area (Å²) < 4.78 is 6.59. The van der Waals surface area contributed by atoms with Crippen molar-refractivity contribution in [2.75, 3.05) is 0 Å². The number of hydrogen-bond donors (Lipinski definition) is 1. The van der Waals surface area contributed by atoms with Crippen molar-refractivity contribution in [2.45, 2.75) is 26.4 Å². The second kappa shape index (κ2) is 5.07. The summed E-state index contributed by atoms with van der Waals surface area (Å²) in [5, 5.41) is 13.2. The Labute approximate surface area is 106 Å². The summed E-state index contributed by atoms with van der Waals surface area (Å²) >= 11 is 5.00. The number of nitrogens with zero attached hydrogens (tertiary/aromatic N) is 2. The SMILES string of the molecule is CC(C)NCc1nnc(-c2csc(Br)c2)o1. The van der Waals surface area contributed by atoms with E-state index in [-0.39, 0.29) is 0 Å². The van der Waals surface area contributed by atoms with Gasteiger partial charge in [0.25, 0.3) is 0 Å². The Morgan fingerprint density at radius 3 is 2.94 bits per heavy atom. The predicted octanol–water partition coefficient (Wildman–Crippen LogP) is 3.06. The molecule has 0 atom stereocenters. The lowest BCUT2D eigenvalue weighted by Gasteiger charge is -2.03. The van der Waals surface area contributed by atoms with E-state index in [1.807, 2.05) is 11.4 Å². The minimum absolute atomic E-state index is 0.408. The molecule has 0 fully saturated rings. The normalized spacial score (nSPS) is 11.2. The Balaban J connectivity index is 2.07. The molecule has 2 aromatic heterocycles. The Morgan fingerprint density at radius 1 is 1.50 bits per heavy atom. The van der Waals surface area contributed by atoms with Gasteiger partial charge in [0.1, 0.15) is 0 Å². The van der Waals surface area contributed by atoms with Crippen LogP contribution in [-0.4, -0.2) is 16.2 Å². The second-order valence-electron chi connectivity index (χ2n) is 3.68. The van der Waals surface area contributed by atoms with Crippen molar-refractivity contribution < 1.29 is 4.42 Å². The van der Waals surface area contributed by atoms with E-state index >= 15 is 0 Å². The summed E-state index contributed by atoms with van der Waals surface area (Å²) in [6.45, 7) is 4.76. The number of hydrogen-bond acceptors (Lipinski definition) is 5. The Morgan fingerprint density at radius 2 is 2.31 bits per heavy atom. The summed E-state index contributed by atoms with van der Waals surface area (Å²) in [5.74, 6) is 1.19. The van der Waals surface area contributed by atoms with Crippen molar-refractivity contribution in [2.24, 2.45) is 0 Å². The summed E-state index contributed by atoms with van der Waals surface area (Å²) in [7, 11) is 0. The van der Waals surface area contributed by atoms with Crippen LogP contribution >= 0.6 is 27.3 Å². The van der Waals surface area contributed by atoms with E-state index in [1.54, 1.807) is 11.3 Å². The number of halogens is 1. The smallest absolute Gasteiger partial charge is 0.248 e. The monoisotopic (exact) mass is 301 g/mol. The van der Waals surface area contributed by atoms with Gasteiger partial charge in [0.05, 0.1) is 15.9 Å². The first-order valence-corrected chi connectivity index (χ1v) is 6.62. The van der Waals surface area contributed by atoms with Crippen LogP contribution in [0.25, 0.3) is 11.5 Å². The highest BCUT2D eigenvalue weighted by molar-refractivity contribution is 9.11. The van der Waals surface area contributed by atoms with E-state index in [4.69, 9.17) is 4.42 Å². The molecule has 4 nitrogen and oxygen atoms in total. The molecule has 0 saturated carbocycles. The standard InChI is InChI=1S/C10H12BrN3OS/c1-6(2)12-4-9-13-14-10(15-9)7-3-8(11)16-5-7/h3,5-6,12H,4H2,1-2H3. The molecule has 2 rings (SSSR count). The molecule has 0 bridgehead atoms. The van der Waals surface area contributed by atoms with Crippen molar-refractivity contribution in [3.05, 3.63) is 21.1 Å². The molecule has 0 spiro atoms. The zero-order valence-electron chi connectivity index (χ0n) is 9.03. The highest BCUT2D eigenvalue weighted by Crippen LogP contribution is 2.27. The fourth-order valence-electron chi connectivity index (χ4n) is 1.16. The molecule has 0 saturated heterocycles. The molecule has 86 valence electrons. The molecule has 2 heterocycles. The van der Waals surface area contributed by atoms with E-state index in [9.17, 15) is 0 Å². The summed E-state index contributed by atoms with van der Waals surface area (Å²) in [5.41, 5.74) is 0.958. The van der Waals surface area contributed by atoms with Crippen LogP contribution in [0.5, 0.6) is 0 Å². The second-order valence-corrected chi connectivity index (χ2v) is 5.97. The van der Waals surface area contributed by atoms with E-state index in [0.29, 0.717) is 24.4 Å². The van der Waals surface area contributed by atoms with Gasteiger partial charge in [-0.2, -0.15) is 0 Å². The van der Waals surface area contributed by atoms with Gasteiger partial charge in [-0.05, 0) is 22.0 Å². The van der Waals surface area contributed by atoms with Gasteiger partial charge in [0.15, 0.2) is 0 Å². The molecular formula is C10H12BrN3OS. The molecule has 0 aliphatic carbocycles. The highest BCUT2D eigenvalue weighted by Gasteiger charge is 2.10. The molecule has 0 aromatic carbocycles. The average molecular weight is 302 g/mol. The number of rotatable bonds is 4. The molecule has 0 unspecified atom stereocenters. The van der Waals surface area contributed by atoms with Gasteiger partial charge in [0.2, 0.25) is 11.8 Å². The Kier molecular flexibility index (Phi) is 3.73. The first kappa shape index (κ1) is 11.8. The van der Waals surface area contributed by atoms with E-state index < -0.39 is 0 Å². The van der Waals surface area contributed by atoms with E-state index in [1.165, 1.54) is 0 Å². The van der Waals surface area contributed by atoms with Gasteiger partial charge in [-0.15, -0.1) is 21.5 Å². The van der Waals surface area contributed by atoms with Crippen LogP contribution in [0.1, 0.15) is 19.7 Å². The zero-order valence-corrected chi connectivity index (χ0v) is 11.4. The number of aromatic nitrogens is 2. The predicted molar refractivity (Wildman–Crippen MR) is 67.3 cm³/mol. The molecule has 1 N–H and O–H groups in total. The maximum absolute atomic E-state index is 5.53. The van der Waals surface area contributed by atoms with Gasteiger partial charge in [0, 0.05) is 11.4 Å². The topological polar surface area (TPSA) is 51.0 Å². The van der Waals surface area contributed by atoms with Crippen LogP contribution in [0, 0.1) is 0 Å². The molecule has 2 aromatic rings. The molecule has 0 aliphatic heterocycles. The lowest BCUT2D eigenvalue weighted by molar-refractivity contribution is 0.459. The Bertz CT molecular complexity index is 466. The minimum atomic E-state index is 0.408. The maximum atomic E-state index is 5.53. The van der Waals surface area contributed by atoms with Crippen LogP contribution in [-0.2, 0) is 6.54 Å². The third-order valence-electron chi connectivity index (χ3n) is 1.94. The van der Waals surface area contributed by atoms with Crippen molar-refractivity contribution >= 4 is 27.3 Å². The minimum Gasteiger partial charge on any atom is -0.419 e. The van der Waals surface area contributed by atoms with Gasteiger partial charge in [-0.25, -0.2) is 0 Å². The summed E-state index contributed by atoms with van der Waals surface area (Å²) in [4.78, 5) is 0. The van der Waals surface area contributed by atoms with Gasteiger partial charge >= 0.3 is 0 Å². The first-order chi connectivity index (χ1) is 7.65. The third-order valence-corrected chi connectivity index (χ3v) is 3.45. The van der Waals surface area contributed by atoms with Crippen LogP contribution in [0.15, 0.2) is 19.6 Å². The largest absolute Gasteiger partial charge is 0.419 e. The Hall–Kier alpha value is -0.720. The molecule has 0 radical (unpaired) electrons. The van der Waals surface area contributed by atoms with Crippen LogP contribution in [0.2, 0.25) is 0 Å². The van der Waals surface area contributed by atoms with Gasteiger partial charge in [-0.1, -0.05) is 13.8 Å². The molecule has 6 heteroatoms. The van der Waals surface area contributed by atoms with E-state index in [2.05, 4.69) is 45.3 Å². The highest BCUT2D eigenvalue weighted by atomic mass is 79.9. The fraction of sp³-hybridized carbons (Fsp3) is 0.400. The first-order valence-electron chi connectivity index (χ1n) is 4.95. The van der Waals surface area contributed by atoms with Crippen molar-refractivity contribution in [1.82, 2.24) is 15.5 Å². The van der Waals surface area contributed by atoms with Crippen LogP contribution in [0.3, 0.4) is 0 Å². The lowest BCUT2D eigenvalue weighted by atomic mass is 10.3. The van der Waals surface area contributed by atoms with Crippen LogP contribution in [0.4, 0.5) is 0 Å². The molecule has 16 heavy (non-hydrogen) atoms. The van der Waals surface area contributed by atoms with Gasteiger partial charge in [-0.3, -0.25) is 0 Å². The zero-order chi connectivity index (χ0) is 11.5. The molecular weight excluding hydrogens is 290 g/mol. The number of thiophene rings is 1. The molecule has 0 amide bonds. The van der Waals surface area contributed by atoms with Crippen molar-refractivity contribution in [1.29, 1.82) is 0 Å². The number of nitrogens with one attached hydrogen (secondary N) is 1. The van der Waals surface area contributed by atoms with Gasteiger partial charge < -0.3 is 9.73 Å². The maximum Gasteiger partial charge on any atom is 0.248 e. The lowest BCUT2D eigenvalue weighted by Crippen LogP contribution is -2.21. The quantitative estimate of drug-likeness (QED) is 0.943. The van der Waals surface area contributed by atoms with Crippen molar-refractivity contribution in [3.63, 3.8) is 0 Å². The summed E-state index contributed by atoms with van der Waals surface area (Å²) in [6.07, 6.45) is 0. The van der Waals surface area contributed by atoms with Crippen molar-refractivity contribution in [3.8, 4) is 11.5 Å². The molecule has 0 aliphatic rings. The average Bonchev–Trinajstić information content (AvgIpc) is 2.83. The third kappa shape index (κ3) is 2.90.